The fourth-order valence-corrected chi connectivity index (χ4v) is 1.51. The number of aliphatic carboxylic acids is 1. The van der Waals surface area contributed by atoms with Crippen LogP contribution < -0.4 is 0 Å². The van der Waals surface area contributed by atoms with E-state index in [1.165, 1.54) is 0 Å². The molecule has 0 spiro atoms. The van der Waals surface area contributed by atoms with Crippen LogP contribution in [0.4, 0.5) is 0 Å². The van der Waals surface area contributed by atoms with Crippen molar-refractivity contribution in [2.45, 2.75) is 36.6 Å². The summed E-state index contributed by atoms with van der Waals surface area (Å²) in [7, 11) is 0. The smallest absolute Gasteiger partial charge is 0.364 e. The van der Waals surface area contributed by atoms with E-state index >= 15 is 0 Å². The van der Waals surface area contributed by atoms with Crippen LogP contribution in [0.1, 0.15) is 6.42 Å². The van der Waals surface area contributed by atoms with Crippen LogP contribution in [0.2, 0.25) is 0 Å². The Bertz CT molecular complexity index is 269. The third-order valence-corrected chi connectivity index (χ3v) is 2.45. The van der Waals surface area contributed by atoms with Gasteiger partial charge in [0.2, 0.25) is 0 Å². The molecule has 1 rings (SSSR count). The minimum absolute atomic E-state index is 0.724. The first-order valence-electron chi connectivity index (χ1n) is 4.60. The molecule has 0 aromatic carbocycles. The highest BCUT2D eigenvalue weighted by Gasteiger charge is 2.52. The monoisotopic (exact) mass is 238 g/mol. The van der Waals surface area contributed by atoms with Crippen LogP contribution in [0, 0.1) is 0 Å². The van der Waals surface area contributed by atoms with E-state index in [1.54, 1.807) is 0 Å². The molecular formula is C8H14O8. The SMILES string of the molecule is O=C(O)[C@]1(O)CC(O)C(O)[C@H](C(O)CO)O1. The standard InChI is InChI=1S/C8H14O8/c9-2-4(11)6-5(12)3(10)1-8(15,16-6)7(13)14/h3-6,9-12,15H,1-2H2,(H,13,14)/t3?,4?,5?,6-,8-/m0/s1. The lowest BCUT2D eigenvalue weighted by atomic mass is 9.93. The summed E-state index contributed by atoms with van der Waals surface area (Å²) < 4.78 is 4.61. The second-order valence-electron chi connectivity index (χ2n) is 3.68. The number of aliphatic hydroxyl groups excluding tert-OH is 4. The molecule has 0 amide bonds. The van der Waals surface area contributed by atoms with Gasteiger partial charge in [-0.1, -0.05) is 0 Å². The van der Waals surface area contributed by atoms with Crippen molar-refractivity contribution >= 4 is 5.97 Å². The Morgan fingerprint density at radius 3 is 2.50 bits per heavy atom. The summed E-state index contributed by atoms with van der Waals surface area (Å²) in [5.74, 6) is -4.42. The number of rotatable bonds is 3. The van der Waals surface area contributed by atoms with Gasteiger partial charge < -0.3 is 35.4 Å². The Balaban J connectivity index is 2.89. The summed E-state index contributed by atoms with van der Waals surface area (Å²) in [4.78, 5) is 10.7. The average molecular weight is 238 g/mol. The molecule has 0 saturated carbocycles. The Labute approximate surface area is 90.3 Å². The molecule has 3 unspecified atom stereocenters. The summed E-state index contributed by atoms with van der Waals surface area (Å²) in [6, 6.07) is 0. The molecule has 5 atom stereocenters. The number of carboxylic acid groups (broad SMARTS) is 1. The highest BCUT2D eigenvalue weighted by molar-refractivity contribution is 5.75. The Morgan fingerprint density at radius 1 is 1.50 bits per heavy atom. The predicted molar refractivity (Wildman–Crippen MR) is 47.2 cm³/mol. The Kier molecular flexibility index (Phi) is 3.84. The summed E-state index contributed by atoms with van der Waals surface area (Å²) in [5, 5.41) is 54.7. The van der Waals surface area contributed by atoms with E-state index in [9.17, 15) is 25.2 Å². The van der Waals surface area contributed by atoms with E-state index in [2.05, 4.69) is 4.74 Å². The van der Waals surface area contributed by atoms with E-state index in [4.69, 9.17) is 10.2 Å². The van der Waals surface area contributed by atoms with Crippen LogP contribution in [0.5, 0.6) is 0 Å². The van der Waals surface area contributed by atoms with Gasteiger partial charge in [-0.15, -0.1) is 0 Å². The predicted octanol–water partition coefficient (Wildman–Crippen LogP) is -3.38. The number of aliphatic hydroxyl groups is 5. The van der Waals surface area contributed by atoms with Crippen molar-refractivity contribution in [1.82, 2.24) is 0 Å². The van der Waals surface area contributed by atoms with Gasteiger partial charge in [0.05, 0.1) is 12.7 Å². The van der Waals surface area contributed by atoms with Crippen molar-refractivity contribution < 1.29 is 40.2 Å². The topological polar surface area (TPSA) is 148 Å². The number of carbonyl (C=O) groups is 1. The molecule has 1 fully saturated rings. The van der Waals surface area contributed by atoms with E-state index in [1.807, 2.05) is 0 Å². The summed E-state index contributed by atoms with van der Waals surface area (Å²) in [6.45, 7) is -0.801. The maximum absolute atomic E-state index is 10.7. The van der Waals surface area contributed by atoms with Crippen LogP contribution in [-0.2, 0) is 9.53 Å². The second-order valence-corrected chi connectivity index (χ2v) is 3.68. The van der Waals surface area contributed by atoms with Crippen LogP contribution in [-0.4, -0.2) is 73.4 Å². The largest absolute Gasteiger partial charge is 0.477 e. The molecule has 0 aliphatic carbocycles. The van der Waals surface area contributed by atoms with Gasteiger partial charge in [-0.3, -0.25) is 0 Å². The second kappa shape index (κ2) is 4.62. The van der Waals surface area contributed by atoms with E-state index in [0.29, 0.717) is 0 Å². The van der Waals surface area contributed by atoms with E-state index in [0.717, 1.165) is 0 Å². The molecule has 16 heavy (non-hydrogen) atoms. The van der Waals surface area contributed by atoms with Gasteiger partial charge in [0.25, 0.3) is 5.79 Å². The summed E-state index contributed by atoms with van der Waals surface area (Å²) >= 11 is 0. The maximum atomic E-state index is 10.7. The van der Waals surface area contributed by atoms with Crippen molar-refractivity contribution in [2.75, 3.05) is 6.61 Å². The molecule has 1 aliphatic heterocycles. The molecule has 8 heteroatoms. The Hall–Kier alpha value is -0.770. The number of hydrogen-bond acceptors (Lipinski definition) is 7. The fourth-order valence-electron chi connectivity index (χ4n) is 1.51. The highest BCUT2D eigenvalue weighted by Crippen LogP contribution is 2.29. The van der Waals surface area contributed by atoms with Gasteiger partial charge in [-0.2, -0.15) is 0 Å². The molecule has 1 aliphatic rings. The van der Waals surface area contributed by atoms with Gasteiger partial charge in [-0.05, 0) is 0 Å². The van der Waals surface area contributed by atoms with Crippen molar-refractivity contribution in [3.05, 3.63) is 0 Å². The molecule has 8 nitrogen and oxygen atoms in total. The number of ether oxygens (including phenoxy) is 1. The van der Waals surface area contributed by atoms with Crippen LogP contribution in [0.3, 0.4) is 0 Å². The fraction of sp³-hybridized carbons (Fsp3) is 0.875. The Morgan fingerprint density at radius 2 is 2.06 bits per heavy atom. The van der Waals surface area contributed by atoms with Crippen LogP contribution >= 0.6 is 0 Å². The minimum atomic E-state index is -2.68. The molecular weight excluding hydrogens is 224 g/mol. The van der Waals surface area contributed by atoms with Crippen molar-refractivity contribution in [2.24, 2.45) is 0 Å². The molecule has 0 bridgehead atoms. The maximum Gasteiger partial charge on any atom is 0.364 e. The number of hydrogen-bond donors (Lipinski definition) is 6. The molecule has 94 valence electrons. The molecule has 1 saturated heterocycles. The zero-order chi connectivity index (χ0) is 12.5. The lowest BCUT2D eigenvalue weighted by molar-refractivity contribution is -0.308. The summed E-state index contributed by atoms with van der Waals surface area (Å²) in [5.41, 5.74) is 0. The van der Waals surface area contributed by atoms with Crippen molar-refractivity contribution in [1.29, 1.82) is 0 Å². The third kappa shape index (κ3) is 2.32. The van der Waals surface area contributed by atoms with Crippen molar-refractivity contribution in [3.63, 3.8) is 0 Å². The summed E-state index contributed by atoms with van der Waals surface area (Å²) in [6.07, 6.45) is -7.05. The van der Waals surface area contributed by atoms with Crippen molar-refractivity contribution in [3.8, 4) is 0 Å². The minimum Gasteiger partial charge on any atom is -0.477 e. The highest BCUT2D eigenvalue weighted by atomic mass is 16.7. The first-order chi connectivity index (χ1) is 7.31. The first-order valence-corrected chi connectivity index (χ1v) is 4.60. The molecule has 0 aromatic rings. The van der Waals surface area contributed by atoms with Crippen LogP contribution in [0.25, 0.3) is 0 Å². The molecule has 0 radical (unpaired) electrons. The van der Waals surface area contributed by atoms with Crippen LogP contribution in [0.15, 0.2) is 0 Å². The molecule has 6 N–H and O–H groups in total. The lowest BCUT2D eigenvalue weighted by Gasteiger charge is -2.41. The van der Waals surface area contributed by atoms with E-state index < -0.39 is 49.2 Å². The van der Waals surface area contributed by atoms with E-state index in [-0.39, 0.29) is 0 Å². The third-order valence-electron chi connectivity index (χ3n) is 2.45. The van der Waals surface area contributed by atoms with Gasteiger partial charge in [0.1, 0.15) is 18.3 Å². The van der Waals surface area contributed by atoms with Gasteiger partial charge >= 0.3 is 5.97 Å². The zero-order valence-electron chi connectivity index (χ0n) is 8.22. The molecule has 1 heterocycles. The zero-order valence-corrected chi connectivity index (χ0v) is 8.22. The molecule has 0 aromatic heterocycles. The quantitative estimate of drug-likeness (QED) is 0.298. The average Bonchev–Trinajstić information content (AvgIpc) is 2.22. The van der Waals surface area contributed by atoms with Gasteiger partial charge in [-0.25, -0.2) is 4.79 Å². The van der Waals surface area contributed by atoms with Gasteiger partial charge in [0, 0.05) is 6.42 Å². The lowest BCUT2D eigenvalue weighted by Crippen LogP contribution is -2.61. The normalized spacial score (nSPS) is 41.7. The van der Waals surface area contributed by atoms with Gasteiger partial charge in [0.15, 0.2) is 0 Å². The first kappa shape index (κ1) is 13.3. The number of carboxylic acids is 1.